The number of rotatable bonds is 5. The van der Waals surface area contributed by atoms with Crippen LogP contribution in [0, 0.1) is 5.92 Å². The monoisotopic (exact) mass is 288 g/mol. The molecule has 1 heterocycles. The third-order valence-electron chi connectivity index (χ3n) is 4.07. The quantitative estimate of drug-likeness (QED) is 0.721. The summed E-state index contributed by atoms with van der Waals surface area (Å²) in [5.74, 6) is 0.893. The van der Waals surface area contributed by atoms with Gasteiger partial charge in [-0.05, 0) is 19.3 Å². The molecule has 1 atom stereocenters. The van der Waals surface area contributed by atoms with Crippen LogP contribution >= 0.6 is 0 Å². The predicted molar refractivity (Wildman–Crippen MR) is 74.6 cm³/mol. The van der Waals surface area contributed by atoms with Crippen LogP contribution in [-0.2, 0) is 14.6 Å². The van der Waals surface area contributed by atoms with Crippen molar-refractivity contribution in [3.8, 4) is 0 Å². The Kier molecular flexibility index (Phi) is 5.21. The Morgan fingerprint density at radius 1 is 1.05 bits per heavy atom. The average molecular weight is 288 g/mol. The van der Waals surface area contributed by atoms with Gasteiger partial charge in [0.05, 0.1) is 11.5 Å². The van der Waals surface area contributed by atoms with Crippen LogP contribution in [0.2, 0.25) is 0 Å². The van der Waals surface area contributed by atoms with Gasteiger partial charge in [-0.3, -0.25) is 4.79 Å². The minimum absolute atomic E-state index is 0.0663. The Labute approximate surface area is 115 Å². The molecule has 1 amide bonds. The molecule has 0 bridgehead atoms. The zero-order valence-corrected chi connectivity index (χ0v) is 12.2. The van der Waals surface area contributed by atoms with Gasteiger partial charge in [0.15, 0.2) is 9.84 Å². The second kappa shape index (κ2) is 6.70. The van der Waals surface area contributed by atoms with Crippen LogP contribution in [0.1, 0.15) is 38.5 Å². The van der Waals surface area contributed by atoms with E-state index in [1.807, 2.05) is 0 Å². The van der Waals surface area contributed by atoms with Crippen molar-refractivity contribution in [1.82, 2.24) is 10.6 Å². The molecule has 0 aromatic heterocycles. The third-order valence-corrected chi connectivity index (χ3v) is 5.83. The van der Waals surface area contributed by atoms with Gasteiger partial charge in [-0.2, -0.15) is 0 Å². The maximum atomic E-state index is 11.9. The standard InChI is InChI=1S/C13H24N2O3S/c16-13(11-4-2-1-3-5-11)15-8-7-14-12-6-9-19(17,18)10-12/h11-12,14H,1-10H2,(H,15,16). The molecule has 2 fully saturated rings. The lowest BCUT2D eigenvalue weighted by Gasteiger charge is -2.21. The number of hydrogen-bond acceptors (Lipinski definition) is 4. The predicted octanol–water partition coefficient (Wildman–Crippen LogP) is 0.460. The van der Waals surface area contributed by atoms with Crippen molar-refractivity contribution in [2.45, 2.75) is 44.6 Å². The largest absolute Gasteiger partial charge is 0.355 e. The second-order valence-corrected chi connectivity index (χ2v) is 7.91. The molecule has 1 saturated carbocycles. The van der Waals surface area contributed by atoms with Crippen molar-refractivity contribution in [1.29, 1.82) is 0 Å². The van der Waals surface area contributed by atoms with Gasteiger partial charge in [0.1, 0.15) is 0 Å². The number of carbonyl (C=O) groups excluding carboxylic acids is 1. The number of amides is 1. The summed E-state index contributed by atoms with van der Waals surface area (Å²) in [4.78, 5) is 11.9. The van der Waals surface area contributed by atoms with Gasteiger partial charge >= 0.3 is 0 Å². The molecule has 1 unspecified atom stereocenters. The zero-order valence-electron chi connectivity index (χ0n) is 11.4. The molecule has 6 heteroatoms. The molecule has 2 N–H and O–H groups in total. The zero-order chi connectivity index (χ0) is 13.7. The highest BCUT2D eigenvalue weighted by Gasteiger charge is 2.27. The van der Waals surface area contributed by atoms with E-state index in [-0.39, 0.29) is 23.6 Å². The summed E-state index contributed by atoms with van der Waals surface area (Å²) in [6.07, 6.45) is 6.30. The van der Waals surface area contributed by atoms with Gasteiger partial charge in [0, 0.05) is 25.0 Å². The smallest absolute Gasteiger partial charge is 0.223 e. The summed E-state index contributed by atoms with van der Waals surface area (Å²) in [5.41, 5.74) is 0. The molecule has 1 saturated heterocycles. The fraction of sp³-hybridized carbons (Fsp3) is 0.923. The molecule has 1 aliphatic heterocycles. The van der Waals surface area contributed by atoms with Crippen molar-refractivity contribution in [2.24, 2.45) is 5.92 Å². The highest BCUT2D eigenvalue weighted by molar-refractivity contribution is 7.91. The first-order chi connectivity index (χ1) is 9.07. The van der Waals surface area contributed by atoms with E-state index < -0.39 is 9.84 Å². The molecule has 19 heavy (non-hydrogen) atoms. The average Bonchev–Trinajstić information content (AvgIpc) is 2.75. The topological polar surface area (TPSA) is 75.3 Å². The Hall–Kier alpha value is -0.620. The van der Waals surface area contributed by atoms with Crippen LogP contribution in [0.4, 0.5) is 0 Å². The van der Waals surface area contributed by atoms with E-state index in [9.17, 15) is 13.2 Å². The minimum atomic E-state index is -2.82. The number of sulfone groups is 1. The molecule has 5 nitrogen and oxygen atoms in total. The summed E-state index contributed by atoms with van der Waals surface area (Å²) < 4.78 is 22.6. The van der Waals surface area contributed by atoms with E-state index in [4.69, 9.17) is 0 Å². The Morgan fingerprint density at radius 3 is 2.42 bits per heavy atom. The summed E-state index contributed by atoms with van der Waals surface area (Å²) in [6.45, 7) is 1.24. The first-order valence-electron chi connectivity index (χ1n) is 7.28. The lowest BCUT2D eigenvalue weighted by atomic mass is 9.89. The molecule has 1 aliphatic carbocycles. The van der Waals surface area contributed by atoms with Gasteiger partial charge in [-0.15, -0.1) is 0 Å². The maximum absolute atomic E-state index is 11.9. The third kappa shape index (κ3) is 4.76. The Morgan fingerprint density at radius 2 is 1.79 bits per heavy atom. The molecular weight excluding hydrogens is 264 g/mol. The van der Waals surface area contributed by atoms with E-state index in [1.54, 1.807) is 0 Å². The molecule has 0 spiro atoms. The summed E-state index contributed by atoms with van der Waals surface area (Å²) >= 11 is 0. The molecule has 0 aromatic carbocycles. The molecule has 2 rings (SSSR count). The molecule has 0 radical (unpaired) electrons. The number of nitrogens with one attached hydrogen (secondary N) is 2. The van der Waals surface area contributed by atoms with E-state index in [0.29, 0.717) is 25.3 Å². The van der Waals surface area contributed by atoms with Gasteiger partial charge in [-0.1, -0.05) is 19.3 Å². The summed E-state index contributed by atoms with van der Waals surface area (Å²) in [5, 5.41) is 6.15. The minimum Gasteiger partial charge on any atom is -0.355 e. The van der Waals surface area contributed by atoms with Crippen LogP contribution in [0.25, 0.3) is 0 Å². The van der Waals surface area contributed by atoms with Crippen LogP contribution in [-0.4, -0.2) is 45.0 Å². The van der Waals surface area contributed by atoms with Crippen LogP contribution < -0.4 is 10.6 Å². The summed E-state index contributed by atoms with van der Waals surface area (Å²) in [6, 6.07) is 0.0663. The van der Waals surface area contributed by atoms with Gasteiger partial charge in [-0.25, -0.2) is 8.42 Å². The van der Waals surface area contributed by atoms with E-state index in [2.05, 4.69) is 10.6 Å². The van der Waals surface area contributed by atoms with Crippen LogP contribution in [0.5, 0.6) is 0 Å². The lowest BCUT2D eigenvalue weighted by molar-refractivity contribution is -0.125. The van der Waals surface area contributed by atoms with Crippen molar-refractivity contribution >= 4 is 15.7 Å². The highest BCUT2D eigenvalue weighted by atomic mass is 32.2. The van der Waals surface area contributed by atoms with Gasteiger partial charge < -0.3 is 10.6 Å². The van der Waals surface area contributed by atoms with E-state index >= 15 is 0 Å². The number of carbonyl (C=O) groups is 1. The lowest BCUT2D eigenvalue weighted by Crippen LogP contribution is -2.39. The van der Waals surface area contributed by atoms with Crippen molar-refractivity contribution in [3.63, 3.8) is 0 Å². The first kappa shape index (κ1) is 14.8. The Balaban J connectivity index is 1.58. The van der Waals surface area contributed by atoms with Crippen LogP contribution in [0.3, 0.4) is 0 Å². The fourth-order valence-corrected chi connectivity index (χ4v) is 4.63. The fourth-order valence-electron chi connectivity index (χ4n) is 2.93. The van der Waals surface area contributed by atoms with Crippen molar-refractivity contribution in [2.75, 3.05) is 24.6 Å². The number of hydrogen-bond donors (Lipinski definition) is 2. The van der Waals surface area contributed by atoms with E-state index in [0.717, 1.165) is 25.7 Å². The highest BCUT2D eigenvalue weighted by Crippen LogP contribution is 2.23. The normalized spacial score (nSPS) is 27.3. The van der Waals surface area contributed by atoms with Crippen molar-refractivity contribution in [3.05, 3.63) is 0 Å². The molecular formula is C13H24N2O3S. The van der Waals surface area contributed by atoms with Gasteiger partial charge in [0.2, 0.25) is 5.91 Å². The SMILES string of the molecule is O=C(NCCNC1CCS(=O)(=O)C1)C1CCCCC1. The van der Waals surface area contributed by atoms with Gasteiger partial charge in [0.25, 0.3) is 0 Å². The molecule has 2 aliphatic rings. The summed E-state index contributed by atoms with van der Waals surface area (Å²) in [7, 11) is -2.82. The second-order valence-electron chi connectivity index (χ2n) is 5.68. The molecule has 0 aromatic rings. The maximum Gasteiger partial charge on any atom is 0.223 e. The van der Waals surface area contributed by atoms with Crippen LogP contribution in [0.15, 0.2) is 0 Å². The van der Waals surface area contributed by atoms with E-state index in [1.165, 1.54) is 6.42 Å². The molecule has 110 valence electrons. The van der Waals surface area contributed by atoms with Crippen molar-refractivity contribution < 1.29 is 13.2 Å². The Bertz CT molecular complexity index is 402. The first-order valence-corrected chi connectivity index (χ1v) is 9.10.